The zero-order valence-electron chi connectivity index (χ0n) is 12.9. The molecule has 4 aromatic rings. The molecule has 3 heterocycles. The molecule has 0 fully saturated rings. The maximum atomic E-state index is 5.80. The average molecular weight is 318 g/mol. The zero-order valence-corrected chi connectivity index (χ0v) is 12.9. The predicted molar refractivity (Wildman–Crippen MR) is 89.2 cm³/mol. The minimum absolute atomic E-state index is 0.178. The largest absolute Gasteiger partial charge is 0.368 e. The number of hydrogen-bond donors (Lipinski definition) is 1. The molecule has 4 rings (SSSR count). The van der Waals surface area contributed by atoms with Crippen LogP contribution in [0.3, 0.4) is 0 Å². The van der Waals surface area contributed by atoms with Crippen LogP contribution in [0.1, 0.15) is 5.69 Å². The van der Waals surface area contributed by atoms with Crippen molar-refractivity contribution in [1.82, 2.24) is 24.7 Å². The van der Waals surface area contributed by atoms with Crippen LogP contribution in [-0.4, -0.2) is 24.7 Å². The summed E-state index contributed by atoms with van der Waals surface area (Å²) in [6.45, 7) is 1.86. The fourth-order valence-electron chi connectivity index (χ4n) is 2.51. The number of hydrogen-bond acceptors (Lipinski definition) is 6. The van der Waals surface area contributed by atoms with E-state index in [4.69, 9.17) is 10.3 Å². The predicted octanol–water partition coefficient (Wildman–Crippen LogP) is 2.87. The lowest BCUT2D eigenvalue weighted by atomic mass is 10.2. The Labute approximate surface area is 137 Å². The normalized spacial score (nSPS) is 10.9. The van der Waals surface area contributed by atoms with Gasteiger partial charge in [0.05, 0.1) is 11.3 Å². The third kappa shape index (κ3) is 2.41. The van der Waals surface area contributed by atoms with Gasteiger partial charge in [-0.25, -0.2) is 9.97 Å². The van der Waals surface area contributed by atoms with Crippen LogP contribution in [0.4, 0.5) is 5.95 Å². The molecule has 0 amide bonds. The SMILES string of the molecule is Cc1cc(-c2cnc(N)nc2-n2ccnc2-c2ccccc2)on1. The molecule has 0 saturated heterocycles. The smallest absolute Gasteiger partial charge is 0.221 e. The number of aromatic nitrogens is 5. The zero-order chi connectivity index (χ0) is 16.5. The van der Waals surface area contributed by atoms with Crippen molar-refractivity contribution >= 4 is 5.95 Å². The Hall–Kier alpha value is -3.48. The number of nitrogens with zero attached hydrogens (tertiary/aromatic N) is 5. The lowest BCUT2D eigenvalue weighted by Gasteiger charge is -2.10. The van der Waals surface area contributed by atoms with Crippen molar-refractivity contribution in [2.45, 2.75) is 6.92 Å². The highest BCUT2D eigenvalue weighted by Gasteiger charge is 2.17. The van der Waals surface area contributed by atoms with Gasteiger partial charge in [0.25, 0.3) is 0 Å². The summed E-state index contributed by atoms with van der Waals surface area (Å²) in [4.78, 5) is 12.9. The van der Waals surface area contributed by atoms with Gasteiger partial charge in [-0.2, -0.15) is 4.98 Å². The van der Waals surface area contributed by atoms with Crippen molar-refractivity contribution in [3.63, 3.8) is 0 Å². The van der Waals surface area contributed by atoms with E-state index >= 15 is 0 Å². The number of benzene rings is 1. The van der Waals surface area contributed by atoms with Gasteiger partial charge >= 0.3 is 0 Å². The topological polar surface area (TPSA) is 95.7 Å². The first-order valence-corrected chi connectivity index (χ1v) is 7.38. The molecule has 0 radical (unpaired) electrons. The number of nitrogen functional groups attached to an aromatic ring is 1. The molecule has 3 aromatic heterocycles. The van der Waals surface area contributed by atoms with E-state index in [-0.39, 0.29) is 5.95 Å². The van der Waals surface area contributed by atoms with Crippen LogP contribution in [0.2, 0.25) is 0 Å². The average Bonchev–Trinajstić information content (AvgIpc) is 3.24. The number of nitrogens with two attached hydrogens (primary N) is 1. The van der Waals surface area contributed by atoms with E-state index in [0.717, 1.165) is 17.1 Å². The molecule has 0 atom stereocenters. The van der Waals surface area contributed by atoms with Gasteiger partial charge in [-0.05, 0) is 6.92 Å². The molecule has 0 unspecified atom stereocenters. The molecule has 7 heteroatoms. The van der Waals surface area contributed by atoms with Crippen LogP contribution in [-0.2, 0) is 0 Å². The monoisotopic (exact) mass is 318 g/mol. The van der Waals surface area contributed by atoms with Crippen molar-refractivity contribution < 1.29 is 4.52 Å². The van der Waals surface area contributed by atoms with Gasteiger partial charge in [-0.3, -0.25) is 4.57 Å². The van der Waals surface area contributed by atoms with Crippen molar-refractivity contribution in [1.29, 1.82) is 0 Å². The van der Waals surface area contributed by atoms with Gasteiger partial charge in [0.1, 0.15) is 5.82 Å². The summed E-state index contributed by atoms with van der Waals surface area (Å²) in [5, 5.41) is 3.93. The Balaban J connectivity index is 1.92. The first kappa shape index (κ1) is 14.1. The van der Waals surface area contributed by atoms with Crippen LogP contribution in [0, 0.1) is 6.92 Å². The maximum Gasteiger partial charge on any atom is 0.221 e. The fourth-order valence-corrected chi connectivity index (χ4v) is 2.51. The quantitative estimate of drug-likeness (QED) is 0.624. The molecule has 0 saturated carbocycles. The standard InChI is InChI=1S/C17H14N6O/c1-11-9-14(24-22-11)13-10-20-17(18)21-16(13)23-8-7-19-15(23)12-5-3-2-4-6-12/h2-10H,1H3,(H2,18,20,21). The van der Waals surface area contributed by atoms with Crippen molar-refractivity contribution in [2.24, 2.45) is 0 Å². The van der Waals surface area contributed by atoms with Crippen LogP contribution < -0.4 is 5.73 Å². The Kier molecular flexibility index (Phi) is 3.31. The molecule has 2 N–H and O–H groups in total. The maximum absolute atomic E-state index is 5.80. The highest BCUT2D eigenvalue weighted by atomic mass is 16.5. The Morgan fingerprint density at radius 1 is 1.12 bits per heavy atom. The summed E-state index contributed by atoms with van der Waals surface area (Å²) >= 11 is 0. The fraction of sp³-hybridized carbons (Fsp3) is 0.0588. The second-order valence-electron chi connectivity index (χ2n) is 5.28. The van der Waals surface area contributed by atoms with Gasteiger partial charge in [-0.1, -0.05) is 35.5 Å². The second kappa shape index (κ2) is 5.62. The number of aryl methyl sites for hydroxylation is 1. The molecule has 0 aliphatic carbocycles. The van der Waals surface area contributed by atoms with Crippen LogP contribution in [0.5, 0.6) is 0 Å². The van der Waals surface area contributed by atoms with Crippen molar-refractivity contribution in [3.8, 4) is 28.5 Å². The Morgan fingerprint density at radius 3 is 2.71 bits per heavy atom. The first-order valence-electron chi connectivity index (χ1n) is 7.38. The number of imidazole rings is 1. The summed E-state index contributed by atoms with van der Waals surface area (Å²) in [5.41, 5.74) is 8.25. The molecule has 0 spiro atoms. The van der Waals surface area contributed by atoms with Crippen LogP contribution >= 0.6 is 0 Å². The van der Waals surface area contributed by atoms with E-state index in [0.29, 0.717) is 17.1 Å². The number of rotatable bonds is 3. The molecule has 0 aliphatic heterocycles. The van der Waals surface area contributed by atoms with Gasteiger partial charge in [0.15, 0.2) is 11.6 Å². The second-order valence-corrected chi connectivity index (χ2v) is 5.28. The van der Waals surface area contributed by atoms with E-state index in [1.165, 1.54) is 0 Å². The molecule has 0 bridgehead atoms. The summed E-state index contributed by atoms with van der Waals surface area (Å²) in [7, 11) is 0. The molecular weight excluding hydrogens is 304 g/mol. The minimum atomic E-state index is 0.178. The summed E-state index contributed by atoms with van der Waals surface area (Å²) in [6.07, 6.45) is 5.18. The molecule has 118 valence electrons. The molecule has 7 nitrogen and oxygen atoms in total. The summed E-state index contributed by atoms with van der Waals surface area (Å²) in [5.74, 6) is 2.11. The third-order valence-electron chi connectivity index (χ3n) is 3.58. The van der Waals surface area contributed by atoms with Crippen LogP contribution in [0.25, 0.3) is 28.5 Å². The number of anilines is 1. The van der Waals surface area contributed by atoms with E-state index in [9.17, 15) is 0 Å². The molecule has 0 aliphatic rings. The van der Waals surface area contributed by atoms with Crippen LogP contribution in [0.15, 0.2) is 59.5 Å². The Morgan fingerprint density at radius 2 is 1.96 bits per heavy atom. The minimum Gasteiger partial charge on any atom is -0.368 e. The van der Waals surface area contributed by atoms with Gasteiger partial charge < -0.3 is 10.3 Å². The van der Waals surface area contributed by atoms with E-state index in [1.54, 1.807) is 12.4 Å². The van der Waals surface area contributed by atoms with E-state index in [1.807, 2.05) is 54.1 Å². The van der Waals surface area contributed by atoms with Gasteiger partial charge in [0.2, 0.25) is 5.95 Å². The Bertz CT molecular complexity index is 989. The van der Waals surface area contributed by atoms with Gasteiger partial charge in [-0.15, -0.1) is 0 Å². The molecule has 24 heavy (non-hydrogen) atoms. The van der Waals surface area contributed by atoms with Crippen molar-refractivity contribution in [3.05, 3.63) is 60.7 Å². The molecular formula is C17H14N6O. The third-order valence-corrected chi connectivity index (χ3v) is 3.58. The highest BCUT2D eigenvalue weighted by molar-refractivity contribution is 5.69. The van der Waals surface area contributed by atoms with E-state index < -0.39 is 0 Å². The van der Waals surface area contributed by atoms with Crippen molar-refractivity contribution in [2.75, 3.05) is 5.73 Å². The molecule has 1 aromatic carbocycles. The van der Waals surface area contributed by atoms with Gasteiger partial charge in [0, 0.05) is 30.2 Å². The highest BCUT2D eigenvalue weighted by Crippen LogP contribution is 2.29. The lowest BCUT2D eigenvalue weighted by Crippen LogP contribution is -2.05. The summed E-state index contributed by atoms with van der Waals surface area (Å²) < 4.78 is 7.23. The van der Waals surface area contributed by atoms with E-state index in [2.05, 4.69) is 20.1 Å². The first-order chi connectivity index (χ1) is 11.7. The lowest BCUT2D eigenvalue weighted by molar-refractivity contribution is 0.426. The summed E-state index contributed by atoms with van der Waals surface area (Å²) in [6, 6.07) is 11.7.